The highest BCUT2D eigenvalue weighted by Crippen LogP contribution is 2.70. The number of nitrogens with one attached hydrogen (secondary N) is 2. The first-order valence-electron chi connectivity index (χ1n) is 19.3. The molecule has 16 heteroatoms. The molecule has 2 saturated carbocycles. The molecule has 3 aromatic rings. The van der Waals surface area contributed by atoms with Crippen molar-refractivity contribution >= 4 is 11.7 Å². The molecule has 4 heterocycles. The van der Waals surface area contributed by atoms with Crippen LogP contribution in [0.2, 0.25) is 0 Å². The number of phenolic OH excluding ortho intramolecular Hbond substituents is 1. The van der Waals surface area contributed by atoms with Gasteiger partial charge in [-0.3, -0.25) is 4.79 Å². The number of fused-ring (bicyclic) bond motifs is 7. The van der Waals surface area contributed by atoms with Crippen LogP contribution in [-0.2, 0) is 22.1 Å². The number of ether oxygens (including phenoxy) is 3. The second kappa shape index (κ2) is 14.1. The maximum absolute atomic E-state index is 13.1. The second-order valence-electron chi connectivity index (χ2n) is 16.8. The van der Waals surface area contributed by atoms with Gasteiger partial charge in [0.1, 0.15) is 42.1 Å². The molecule has 1 unspecified atom stereocenters. The van der Waals surface area contributed by atoms with Crippen LogP contribution >= 0.6 is 0 Å². The molecule has 3 aliphatic carbocycles. The SMILES string of the molecule is C[C@]12CCC3c4ccc(O)cc4CC[C@@]3(C)[C@@H]1CC[C@@]2(O)CCCNC(=O)c1ccc(OC[C@@]23CO[C@@H](O2)[C@H](Nc2cccc(C(F)(F)F)n2)[C@@H](O)[C@H]3O)nn1. The van der Waals surface area contributed by atoms with Gasteiger partial charge < -0.3 is 45.3 Å². The quantitative estimate of drug-likeness (QED) is 0.159. The summed E-state index contributed by atoms with van der Waals surface area (Å²) in [7, 11) is 0. The number of hydrogen-bond acceptors (Lipinski definition) is 12. The molecule has 4 fully saturated rings. The van der Waals surface area contributed by atoms with E-state index in [9.17, 15) is 38.4 Å². The van der Waals surface area contributed by atoms with Gasteiger partial charge in [0.2, 0.25) is 5.88 Å². The maximum Gasteiger partial charge on any atom is 0.433 e. The normalized spacial score (nSPS) is 35.9. The molecule has 0 spiro atoms. The van der Waals surface area contributed by atoms with Crippen LogP contribution in [0.1, 0.15) is 92.0 Å². The summed E-state index contributed by atoms with van der Waals surface area (Å²) in [6, 6.07) is 10.8. The fraction of sp³-hybridized carbons (Fsp3) is 0.600. The van der Waals surface area contributed by atoms with E-state index in [-0.39, 0.29) is 41.4 Å². The number of aromatic nitrogens is 3. The molecule has 13 nitrogen and oxygen atoms in total. The van der Waals surface area contributed by atoms with E-state index >= 15 is 0 Å². The Labute approximate surface area is 322 Å². The number of carbonyl (C=O) groups excluding carboxylic acids is 1. The zero-order valence-corrected chi connectivity index (χ0v) is 31.3. The summed E-state index contributed by atoms with van der Waals surface area (Å²) in [5, 5.41) is 57.7. The first-order chi connectivity index (χ1) is 26.6. The van der Waals surface area contributed by atoms with E-state index < -0.39 is 53.5 Å². The van der Waals surface area contributed by atoms with Gasteiger partial charge in [0.05, 0.1) is 12.2 Å². The highest BCUT2D eigenvalue weighted by molar-refractivity contribution is 5.92. The van der Waals surface area contributed by atoms with Gasteiger partial charge in [-0.15, -0.1) is 10.2 Å². The van der Waals surface area contributed by atoms with Crippen molar-refractivity contribution < 1.29 is 52.6 Å². The van der Waals surface area contributed by atoms with Crippen LogP contribution < -0.4 is 15.4 Å². The number of rotatable bonds is 10. The molecule has 8 rings (SSSR count). The van der Waals surface area contributed by atoms with E-state index in [1.165, 1.54) is 35.4 Å². The lowest BCUT2D eigenvalue weighted by Gasteiger charge is -2.59. The Kier molecular flexibility index (Phi) is 9.75. The number of hydrogen-bond donors (Lipinski definition) is 6. The smallest absolute Gasteiger partial charge is 0.433 e. The summed E-state index contributed by atoms with van der Waals surface area (Å²) in [5.41, 5.74) is -0.983. The average Bonchev–Trinajstić information content (AvgIpc) is 3.70. The highest BCUT2D eigenvalue weighted by Gasteiger charge is 2.65. The number of carbonyl (C=O) groups is 1. The second-order valence-corrected chi connectivity index (χ2v) is 16.8. The molecule has 0 radical (unpaired) electrons. The monoisotopic (exact) mass is 783 g/mol. The third-order valence-corrected chi connectivity index (χ3v) is 13.8. The lowest BCUT2D eigenvalue weighted by molar-refractivity contribution is -0.222. The van der Waals surface area contributed by atoms with Crippen molar-refractivity contribution in [3.63, 3.8) is 0 Å². The molecule has 1 aromatic carbocycles. The van der Waals surface area contributed by atoms with Gasteiger partial charge in [0.15, 0.2) is 17.6 Å². The molecule has 302 valence electrons. The molecule has 2 saturated heterocycles. The van der Waals surface area contributed by atoms with Crippen LogP contribution in [0.15, 0.2) is 48.5 Å². The van der Waals surface area contributed by atoms with Crippen molar-refractivity contribution in [1.82, 2.24) is 20.5 Å². The van der Waals surface area contributed by atoms with Crippen molar-refractivity contribution in [2.75, 3.05) is 25.1 Å². The van der Waals surface area contributed by atoms with Crippen LogP contribution in [0, 0.1) is 16.7 Å². The number of nitrogens with zero attached hydrogens (tertiary/aromatic N) is 3. The Morgan fingerprint density at radius 3 is 2.64 bits per heavy atom. The van der Waals surface area contributed by atoms with Crippen molar-refractivity contribution in [3.05, 3.63) is 71.0 Å². The van der Waals surface area contributed by atoms with Crippen molar-refractivity contribution in [2.24, 2.45) is 16.7 Å². The number of anilines is 1. The van der Waals surface area contributed by atoms with Crippen molar-refractivity contribution in [2.45, 2.75) is 113 Å². The minimum atomic E-state index is -4.67. The van der Waals surface area contributed by atoms with Gasteiger partial charge >= 0.3 is 6.18 Å². The minimum Gasteiger partial charge on any atom is -0.508 e. The van der Waals surface area contributed by atoms with Gasteiger partial charge in [-0.25, -0.2) is 4.98 Å². The summed E-state index contributed by atoms with van der Waals surface area (Å²) in [4.78, 5) is 16.5. The van der Waals surface area contributed by atoms with E-state index in [1.54, 1.807) is 6.07 Å². The van der Waals surface area contributed by atoms with Crippen LogP contribution in [0.25, 0.3) is 0 Å². The molecule has 2 bridgehead atoms. The molecule has 56 heavy (non-hydrogen) atoms. The number of phenols is 1. The number of benzene rings is 1. The van der Waals surface area contributed by atoms with Gasteiger partial charge in [-0.1, -0.05) is 26.0 Å². The fourth-order valence-electron chi connectivity index (χ4n) is 10.7. The van der Waals surface area contributed by atoms with E-state index in [1.807, 2.05) is 6.07 Å². The van der Waals surface area contributed by atoms with Crippen molar-refractivity contribution in [1.29, 1.82) is 0 Å². The van der Waals surface area contributed by atoms with E-state index in [2.05, 4.69) is 45.7 Å². The fourth-order valence-corrected chi connectivity index (χ4v) is 10.7. The summed E-state index contributed by atoms with van der Waals surface area (Å²) in [6.07, 6.45) is -2.15. The van der Waals surface area contributed by atoms with Gasteiger partial charge in [0.25, 0.3) is 5.91 Å². The topological polar surface area (TPSA) is 188 Å². The molecular weight excluding hydrogens is 735 g/mol. The lowest BCUT2D eigenvalue weighted by Crippen LogP contribution is -2.64. The predicted molar refractivity (Wildman–Crippen MR) is 194 cm³/mol. The Balaban J connectivity index is 0.817. The number of alkyl halides is 3. The number of amides is 1. The van der Waals surface area contributed by atoms with E-state index in [0.29, 0.717) is 37.0 Å². The molecule has 1 amide bonds. The van der Waals surface area contributed by atoms with Gasteiger partial charge in [-0.05, 0) is 115 Å². The summed E-state index contributed by atoms with van der Waals surface area (Å²) in [5.74, 6) is 0.501. The van der Waals surface area contributed by atoms with Gasteiger partial charge in [-0.2, -0.15) is 13.2 Å². The molecule has 10 atom stereocenters. The third-order valence-electron chi connectivity index (χ3n) is 13.8. The number of halogens is 3. The molecular formula is C40H48F3N5O8. The number of pyridine rings is 1. The summed E-state index contributed by atoms with van der Waals surface area (Å²) >= 11 is 0. The van der Waals surface area contributed by atoms with E-state index in [0.717, 1.165) is 44.6 Å². The molecule has 5 aliphatic rings. The summed E-state index contributed by atoms with van der Waals surface area (Å²) in [6.45, 7) is 4.51. The predicted octanol–water partition coefficient (Wildman–Crippen LogP) is 4.49. The maximum atomic E-state index is 13.1. The van der Waals surface area contributed by atoms with Gasteiger partial charge in [0, 0.05) is 12.6 Å². The van der Waals surface area contributed by atoms with Crippen LogP contribution in [0.4, 0.5) is 19.0 Å². The highest BCUT2D eigenvalue weighted by atomic mass is 19.4. The largest absolute Gasteiger partial charge is 0.508 e. The average molecular weight is 784 g/mol. The van der Waals surface area contributed by atoms with Crippen LogP contribution in [0.5, 0.6) is 11.6 Å². The number of aromatic hydroxyl groups is 1. The lowest BCUT2D eigenvalue weighted by atomic mass is 9.46. The first kappa shape index (κ1) is 38.8. The third kappa shape index (κ3) is 6.56. The standard InChI is InChI=1S/C40H48F3N5O8/c1-36-15-11-22-19-23(49)7-8-24(22)25(36)12-16-37(2)27(36)13-17-39(37,53)14-4-18-44-34(52)26-9-10-30(48-47-26)54-20-38-21-55-35(56-38)31(32(50)33(38)51)46-29-6-3-5-28(45-29)40(41,42)43/h3,5-10,19,25,27,31-33,35,49-51,53H,4,11-18,20-21H2,1-2H3,(H,44,52)(H,45,46)/t25?,27-,31+,32+,33+,35-,36+,37-,38-,39-/m0/s1. The summed E-state index contributed by atoms with van der Waals surface area (Å²) < 4.78 is 56.7. The van der Waals surface area contributed by atoms with Crippen LogP contribution in [0.3, 0.4) is 0 Å². The minimum absolute atomic E-state index is 0.0207. The Hall–Kier alpha value is -4.09. The Morgan fingerprint density at radius 2 is 1.88 bits per heavy atom. The zero-order chi connectivity index (χ0) is 39.7. The number of aliphatic hydroxyl groups excluding tert-OH is 2. The van der Waals surface area contributed by atoms with Crippen LogP contribution in [-0.4, -0.2) is 97.0 Å². The van der Waals surface area contributed by atoms with E-state index in [4.69, 9.17) is 14.2 Å². The first-order valence-corrected chi connectivity index (χ1v) is 19.3. The van der Waals surface area contributed by atoms with Crippen molar-refractivity contribution in [3.8, 4) is 11.6 Å². The number of aryl methyl sites for hydroxylation is 1. The molecule has 2 aliphatic heterocycles. The molecule has 6 N–H and O–H groups in total. The number of aliphatic hydroxyl groups is 3. The Bertz CT molecular complexity index is 1960. The molecule has 2 aromatic heterocycles. The zero-order valence-electron chi connectivity index (χ0n) is 31.3. The Morgan fingerprint density at radius 1 is 1.05 bits per heavy atom.